The second-order valence-corrected chi connectivity index (χ2v) is 6.71. The zero-order valence-corrected chi connectivity index (χ0v) is 13.8. The molecule has 0 N–H and O–H groups in total. The van der Waals surface area contributed by atoms with Gasteiger partial charge in [0.1, 0.15) is 0 Å². The van der Waals surface area contributed by atoms with Crippen LogP contribution in [0.1, 0.15) is 35.9 Å². The van der Waals surface area contributed by atoms with Crippen molar-refractivity contribution in [2.24, 2.45) is 5.92 Å². The Hall–Kier alpha value is -0.690. The van der Waals surface area contributed by atoms with Gasteiger partial charge in [-0.15, -0.1) is 11.6 Å². The first-order valence-electron chi connectivity index (χ1n) is 6.64. The summed E-state index contributed by atoms with van der Waals surface area (Å²) in [6, 6.07) is 13.8. The smallest absolute Gasteiger partial charge is 0.0836 e. The minimum atomic E-state index is -0.237. The molecule has 0 radical (unpaired) electrons. The van der Waals surface area contributed by atoms with Gasteiger partial charge in [0.05, 0.1) is 5.38 Å². The summed E-state index contributed by atoms with van der Waals surface area (Å²) in [5.41, 5.74) is 3.30. The molecule has 0 spiro atoms. The molecule has 0 saturated carbocycles. The second kappa shape index (κ2) is 6.85. The summed E-state index contributed by atoms with van der Waals surface area (Å²) in [6.45, 7) is 4.43. The van der Waals surface area contributed by atoms with Crippen molar-refractivity contribution in [2.75, 3.05) is 0 Å². The Labute approximate surface area is 135 Å². The van der Waals surface area contributed by atoms with E-state index in [4.69, 9.17) is 34.8 Å². The average molecular weight is 328 g/mol. The van der Waals surface area contributed by atoms with Gasteiger partial charge in [-0.25, -0.2) is 0 Å². The van der Waals surface area contributed by atoms with Crippen molar-refractivity contribution in [1.82, 2.24) is 0 Å². The monoisotopic (exact) mass is 326 g/mol. The molecule has 0 aliphatic rings. The van der Waals surface area contributed by atoms with Crippen LogP contribution in [0.3, 0.4) is 0 Å². The Balaban J connectivity index is 2.22. The maximum Gasteiger partial charge on any atom is 0.0836 e. The van der Waals surface area contributed by atoms with Gasteiger partial charge >= 0.3 is 0 Å². The van der Waals surface area contributed by atoms with Crippen LogP contribution in [-0.4, -0.2) is 0 Å². The normalized spacial score (nSPS) is 12.7. The van der Waals surface area contributed by atoms with Crippen LogP contribution < -0.4 is 0 Å². The third kappa shape index (κ3) is 4.15. The summed E-state index contributed by atoms with van der Waals surface area (Å²) < 4.78 is 0. The van der Waals surface area contributed by atoms with Gasteiger partial charge in [-0.05, 0) is 47.2 Å². The van der Waals surface area contributed by atoms with Crippen LogP contribution in [-0.2, 0) is 6.42 Å². The summed E-state index contributed by atoms with van der Waals surface area (Å²) in [5, 5.41) is 0.975. The highest BCUT2D eigenvalue weighted by atomic mass is 35.5. The number of hydrogen-bond donors (Lipinski definition) is 0. The largest absolute Gasteiger partial charge is 0.113 e. The molecule has 0 saturated heterocycles. The van der Waals surface area contributed by atoms with Gasteiger partial charge in [-0.2, -0.15) is 0 Å². The van der Waals surface area contributed by atoms with Crippen molar-refractivity contribution in [2.45, 2.75) is 25.6 Å². The van der Waals surface area contributed by atoms with Crippen LogP contribution in [0.25, 0.3) is 0 Å². The molecule has 3 heteroatoms. The van der Waals surface area contributed by atoms with Gasteiger partial charge in [0.15, 0.2) is 0 Å². The molecule has 0 aromatic heterocycles. The molecular weight excluding hydrogens is 311 g/mol. The lowest BCUT2D eigenvalue weighted by Gasteiger charge is -2.13. The summed E-state index contributed by atoms with van der Waals surface area (Å²) in [6.07, 6.45) is 1.08. The first-order valence-corrected chi connectivity index (χ1v) is 7.84. The highest BCUT2D eigenvalue weighted by molar-refractivity contribution is 6.35. The quantitative estimate of drug-likeness (QED) is 0.561. The van der Waals surface area contributed by atoms with E-state index in [-0.39, 0.29) is 5.38 Å². The van der Waals surface area contributed by atoms with E-state index in [0.717, 1.165) is 17.5 Å². The maximum absolute atomic E-state index is 6.52. The van der Waals surface area contributed by atoms with Crippen molar-refractivity contribution in [3.63, 3.8) is 0 Å². The minimum Gasteiger partial charge on any atom is -0.113 e. The Morgan fingerprint density at radius 3 is 1.90 bits per heavy atom. The molecule has 1 atom stereocenters. The molecular formula is C17H17Cl3. The van der Waals surface area contributed by atoms with E-state index in [1.165, 1.54) is 5.56 Å². The molecule has 0 amide bonds. The third-order valence-corrected chi connectivity index (χ3v) is 4.03. The molecule has 2 aromatic carbocycles. The Morgan fingerprint density at radius 1 is 0.850 bits per heavy atom. The molecule has 20 heavy (non-hydrogen) atoms. The van der Waals surface area contributed by atoms with Crippen LogP contribution in [0.4, 0.5) is 0 Å². The molecule has 0 nitrogen and oxygen atoms in total. The standard InChI is InChI=1S/C17H17Cl3/c1-11(2)7-12-3-5-13(6-4-12)17(20)14-8-15(18)10-16(19)9-14/h3-6,8-11,17H,7H2,1-2H3. The molecule has 0 aliphatic carbocycles. The first-order chi connectivity index (χ1) is 9.45. The lowest BCUT2D eigenvalue weighted by atomic mass is 9.99. The highest BCUT2D eigenvalue weighted by Crippen LogP contribution is 2.32. The lowest BCUT2D eigenvalue weighted by molar-refractivity contribution is 0.647. The van der Waals surface area contributed by atoms with Gasteiger partial charge in [0, 0.05) is 10.0 Å². The van der Waals surface area contributed by atoms with Crippen LogP contribution in [0, 0.1) is 5.92 Å². The van der Waals surface area contributed by atoms with Gasteiger partial charge in [-0.1, -0.05) is 61.3 Å². The van der Waals surface area contributed by atoms with E-state index >= 15 is 0 Å². The highest BCUT2D eigenvalue weighted by Gasteiger charge is 2.12. The predicted molar refractivity (Wildman–Crippen MR) is 89.1 cm³/mol. The minimum absolute atomic E-state index is 0.237. The third-order valence-electron chi connectivity index (χ3n) is 3.09. The fraction of sp³-hybridized carbons (Fsp3) is 0.294. The van der Waals surface area contributed by atoms with Gasteiger partial charge in [0.2, 0.25) is 0 Å². The second-order valence-electron chi connectivity index (χ2n) is 5.40. The average Bonchev–Trinajstić information content (AvgIpc) is 2.37. The number of alkyl halides is 1. The maximum atomic E-state index is 6.52. The molecule has 0 bridgehead atoms. The molecule has 0 heterocycles. The van der Waals surface area contributed by atoms with Gasteiger partial charge in [0.25, 0.3) is 0 Å². The number of halogens is 3. The lowest BCUT2D eigenvalue weighted by Crippen LogP contribution is -1.97. The zero-order valence-electron chi connectivity index (χ0n) is 11.5. The van der Waals surface area contributed by atoms with Crippen molar-refractivity contribution < 1.29 is 0 Å². The molecule has 1 unspecified atom stereocenters. The fourth-order valence-electron chi connectivity index (χ4n) is 2.21. The Morgan fingerprint density at radius 2 is 1.40 bits per heavy atom. The van der Waals surface area contributed by atoms with E-state index in [1.54, 1.807) is 6.07 Å². The van der Waals surface area contributed by atoms with E-state index < -0.39 is 0 Å². The van der Waals surface area contributed by atoms with Crippen molar-refractivity contribution in [3.05, 3.63) is 69.2 Å². The summed E-state index contributed by atoms with van der Waals surface area (Å²) in [5.74, 6) is 0.652. The summed E-state index contributed by atoms with van der Waals surface area (Å²) in [4.78, 5) is 0. The molecule has 2 rings (SSSR count). The van der Waals surface area contributed by atoms with Gasteiger partial charge < -0.3 is 0 Å². The molecule has 0 aliphatic heterocycles. The van der Waals surface area contributed by atoms with E-state index in [9.17, 15) is 0 Å². The van der Waals surface area contributed by atoms with E-state index in [2.05, 4.69) is 38.1 Å². The Bertz CT molecular complexity index is 553. The summed E-state index contributed by atoms with van der Waals surface area (Å²) >= 11 is 18.6. The summed E-state index contributed by atoms with van der Waals surface area (Å²) in [7, 11) is 0. The molecule has 0 fully saturated rings. The number of hydrogen-bond acceptors (Lipinski definition) is 0. The molecule has 106 valence electrons. The first kappa shape index (κ1) is 15.7. The topological polar surface area (TPSA) is 0 Å². The Kier molecular flexibility index (Phi) is 5.37. The predicted octanol–water partition coefficient (Wildman–Crippen LogP) is 6.52. The van der Waals surface area contributed by atoms with Gasteiger partial charge in [-0.3, -0.25) is 0 Å². The zero-order chi connectivity index (χ0) is 14.7. The fourth-order valence-corrected chi connectivity index (χ4v) is 3.02. The van der Waals surface area contributed by atoms with Crippen LogP contribution >= 0.6 is 34.8 Å². The van der Waals surface area contributed by atoms with Crippen molar-refractivity contribution in [3.8, 4) is 0 Å². The number of benzene rings is 2. The van der Waals surface area contributed by atoms with Crippen LogP contribution in [0.5, 0.6) is 0 Å². The molecule has 2 aromatic rings. The van der Waals surface area contributed by atoms with Crippen LogP contribution in [0.15, 0.2) is 42.5 Å². The van der Waals surface area contributed by atoms with Crippen molar-refractivity contribution >= 4 is 34.8 Å². The van der Waals surface area contributed by atoms with Crippen molar-refractivity contribution in [1.29, 1.82) is 0 Å². The SMILES string of the molecule is CC(C)Cc1ccc(C(Cl)c2cc(Cl)cc(Cl)c2)cc1. The van der Waals surface area contributed by atoms with E-state index in [1.807, 2.05) is 12.1 Å². The van der Waals surface area contributed by atoms with Crippen LogP contribution in [0.2, 0.25) is 10.0 Å². The van der Waals surface area contributed by atoms with E-state index in [0.29, 0.717) is 16.0 Å². The number of rotatable bonds is 4.